The molecule has 110 valence electrons. The second-order valence-corrected chi connectivity index (χ2v) is 5.53. The highest BCUT2D eigenvalue weighted by atomic mass is 35.5. The van der Waals surface area contributed by atoms with Gasteiger partial charge in [-0.15, -0.1) is 0 Å². The molecule has 0 fully saturated rings. The Labute approximate surface area is 136 Å². The lowest BCUT2D eigenvalue weighted by Gasteiger charge is -2.07. The maximum Gasteiger partial charge on any atom is 0.175 e. The molecule has 0 saturated carbocycles. The summed E-state index contributed by atoms with van der Waals surface area (Å²) < 4.78 is 1.57. The van der Waals surface area contributed by atoms with Gasteiger partial charge in [0.2, 0.25) is 0 Å². The van der Waals surface area contributed by atoms with Crippen LogP contribution in [0.5, 0.6) is 0 Å². The molecule has 0 radical (unpaired) electrons. The van der Waals surface area contributed by atoms with E-state index in [1.807, 2.05) is 36.4 Å². The van der Waals surface area contributed by atoms with Crippen molar-refractivity contribution in [1.29, 1.82) is 5.26 Å². The summed E-state index contributed by atoms with van der Waals surface area (Å²) in [5, 5.41) is 14.8. The zero-order valence-electron chi connectivity index (χ0n) is 12.2. The third kappa shape index (κ3) is 2.04. The molecule has 0 amide bonds. The molecule has 1 aromatic carbocycles. The first-order chi connectivity index (χ1) is 11.2. The number of hydrogen-bond donors (Lipinski definition) is 0. The third-order valence-electron chi connectivity index (χ3n) is 3.74. The molecule has 3 aromatic heterocycles. The van der Waals surface area contributed by atoms with E-state index >= 15 is 0 Å². The molecule has 0 aliphatic rings. The van der Waals surface area contributed by atoms with Crippen LogP contribution in [-0.4, -0.2) is 19.6 Å². The van der Waals surface area contributed by atoms with Gasteiger partial charge in [0.1, 0.15) is 16.8 Å². The second kappa shape index (κ2) is 5.04. The van der Waals surface area contributed by atoms with E-state index in [9.17, 15) is 5.26 Å². The number of fused-ring (bicyclic) bond motifs is 3. The highest BCUT2D eigenvalue weighted by Gasteiger charge is 2.15. The van der Waals surface area contributed by atoms with Crippen LogP contribution in [-0.2, 0) is 0 Å². The first kappa shape index (κ1) is 13.7. The van der Waals surface area contributed by atoms with Crippen molar-refractivity contribution < 1.29 is 0 Å². The minimum absolute atomic E-state index is 0.392. The van der Waals surface area contributed by atoms with E-state index in [4.69, 9.17) is 11.6 Å². The number of aryl methyl sites for hydroxylation is 1. The summed E-state index contributed by atoms with van der Waals surface area (Å²) in [6.07, 6.45) is 1.70. The molecule has 4 aromatic rings. The van der Waals surface area contributed by atoms with Gasteiger partial charge in [0.25, 0.3) is 0 Å². The van der Waals surface area contributed by atoms with Crippen molar-refractivity contribution in [3.8, 4) is 17.2 Å². The summed E-state index contributed by atoms with van der Waals surface area (Å²) in [7, 11) is 0. The smallest absolute Gasteiger partial charge is 0.175 e. The number of nitriles is 1. The van der Waals surface area contributed by atoms with Crippen molar-refractivity contribution in [1.82, 2.24) is 19.6 Å². The summed E-state index contributed by atoms with van der Waals surface area (Å²) in [6.45, 7) is 1.78. The molecule has 0 N–H and O–H groups in total. The Balaban J connectivity index is 2.06. The van der Waals surface area contributed by atoms with Gasteiger partial charge in [-0.1, -0.05) is 41.9 Å². The predicted molar refractivity (Wildman–Crippen MR) is 88.2 cm³/mol. The van der Waals surface area contributed by atoms with Crippen LogP contribution < -0.4 is 0 Å². The van der Waals surface area contributed by atoms with Crippen LogP contribution in [0.1, 0.15) is 11.3 Å². The highest BCUT2D eigenvalue weighted by Crippen LogP contribution is 2.30. The predicted octanol–water partition coefficient (Wildman–Crippen LogP) is 3.78. The fraction of sp³-hybridized carbons (Fsp3) is 0.0588. The van der Waals surface area contributed by atoms with Crippen LogP contribution in [0.15, 0.2) is 42.6 Å². The SMILES string of the molecule is Cc1nn2c(ncc3cc(-c4ccccc4)c(Cl)nc32)c1C#N. The van der Waals surface area contributed by atoms with E-state index < -0.39 is 0 Å². The molecule has 5 nitrogen and oxygen atoms in total. The lowest BCUT2D eigenvalue weighted by atomic mass is 10.1. The van der Waals surface area contributed by atoms with E-state index in [1.165, 1.54) is 0 Å². The topological polar surface area (TPSA) is 66.9 Å². The van der Waals surface area contributed by atoms with Crippen LogP contribution in [0.2, 0.25) is 5.15 Å². The normalized spacial score (nSPS) is 11.0. The Morgan fingerprint density at radius 3 is 2.70 bits per heavy atom. The third-order valence-corrected chi connectivity index (χ3v) is 4.03. The number of rotatable bonds is 1. The van der Waals surface area contributed by atoms with E-state index in [2.05, 4.69) is 21.1 Å². The van der Waals surface area contributed by atoms with Crippen molar-refractivity contribution in [2.75, 3.05) is 0 Å². The van der Waals surface area contributed by atoms with Gasteiger partial charge in [0.05, 0.1) is 5.69 Å². The highest BCUT2D eigenvalue weighted by molar-refractivity contribution is 6.32. The molecule has 0 atom stereocenters. The zero-order chi connectivity index (χ0) is 16.0. The number of pyridine rings is 1. The second-order valence-electron chi connectivity index (χ2n) is 5.17. The zero-order valence-corrected chi connectivity index (χ0v) is 12.9. The standard InChI is InChI=1S/C17H10ClN5/c1-10-14(8-19)17-20-9-12-7-13(11-5-3-2-4-6-11)15(18)21-16(12)23(17)22-10/h2-7,9H,1H3. The van der Waals surface area contributed by atoms with E-state index in [0.717, 1.165) is 16.5 Å². The molecular weight excluding hydrogens is 310 g/mol. The number of hydrogen-bond acceptors (Lipinski definition) is 4. The fourth-order valence-electron chi connectivity index (χ4n) is 2.63. The van der Waals surface area contributed by atoms with E-state index in [-0.39, 0.29) is 0 Å². The van der Waals surface area contributed by atoms with Crippen molar-refractivity contribution in [3.63, 3.8) is 0 Å². The Kier molecular flexibility index (Phi) is 3.00. The van der Waals surface area contributed by atoms with Crippen LogP contribution in [0.25, 0.3) is 27.8 Å². The number of halogens is 1. The number of nitrogens with zero attached hydrogens (tertiary/aromatic N) is 5. The van der Waals surface area contributed by atoms with Crippen LogP contribution >= 0.6 is 11.6 Å². The average molecular weight is 320 g/mol. The van der Waals surface area contributed by atoms with E-state index in [1.54, 1.807) is 17.6 Å². The van der Waals surface area contributed by atoms with Gasteiger partial charge in [-0.3, -0.25) is 0 Å². The van der Waals surface area contributed by atoms with Crippen LogP contribution in [0, 0.1) is 18.3 Å². The molecule has 6 heteroatoms. The van der Waals surface area contributed by atoms with Crippen molar-refractivity contribution in [3.05, 3.63) is 59.0 Å². The van der Waals surface area contributed by atoms with Gasteiger partial charge in [0.15, 0.2) is 11.3 Å². The summed E-state index contributed by atoms with van der Waals surface area (Å²) in [4.78, 5) is 8.85. The summed E-state index contributed by atoms with van der Waals surface area (Å²) in [6, 6.07) is 13.9. The lowest BCUT2D eigenvalue weighted by Crippen LogP contribution is -1.97. The van der Waals surface area contributed by atoms with Gasteiger partial charge in [0, 0.05) is 17.1 Å². The van der Waals surface area contributed by atoms with Crippen molar-refractivity contribution in [2.45, 2.75) is 6.92 Å². The quantitative estimate of drug-likeness (QED) is 0.501. The number of benzene rings is 1. The van der Waals surface area contributed by atoms with Crippen molar-refractivity contribution >= 4 is 28.3 Å². The molecule has 0 bridgehead atoms. The molecule has 23 heavy (non-hydrogen) atoms. The minimum atomic E-state index is 0.392. The molecular formula is C17H10ClN5. The van der Waals surface area contributed by atoms with Crippen LogP contribution in [0.3, 0.4) is 0 Å². The summed E-state index contributed by atoms with van der Waals surface area (Å²) in [5.41, 5.74) is 3.99. The van der Waals surface area contributed by atoms with Gasteiger partial charge in [-0.25, -0.2) is 9.97 Å². The average Bonchev–Trinajstić information content (AvgIpc) is 2.90. The minimum Gasteiger partial charge on any atom is -0.235 e. The van der Waals surface area contributed by atoms with Crippen molar-refractivity contribution in [2.24, 2.45) is 0 Å². The molecule has 3 heterocycles. The largest absolute Gasteiger partial charge is 0.235 e. The molecule has 0 saturated heterocycles. The van der Waals surface area contributed by atoms with Crippen LogP contribution in [0.4, 0.5) is 0 Å². The van der Waals surface area contributed by atoms with Gasteiger partial charge < -0.3 is 0 Å². The van der Waals surface area contributed by atoms with E-state index in [0.29, 0.717) is 27.7 Å². The first-order valence-electron chi connectivity index (χ1n) is 6.99. The lowest BCUT2D eigenvalue weighted by molar-refractivity contribution is 0.939. The van der Waals surface area contributed by atoms with Gasteiger partial charge >= 0.3 is 0 Å². The maximum absolute atomic E-state index is 9.23. The molecule has 0 aliphatic heterocycles. The first-order valence-corrected chi connectivity index (χ1v) is 7.37. The monoisotopic (exact) mass is 319 g/mol. The Morgan fingerprint density at radius 2 is 1.96 bits per heavy atom. The van der Waals surface area contributed by atoms with Gasteiger partial charge in [-0.2, -0.15) is 14.9 Å². The Bertz CT molecular complexity index is 1090. The van der Waals surface area contributed by atoms with Gasteiger partial charge in [-0.05, 0) is 18.6 Å². The molecule has 0 spiro atoms. The summed E-state index contributed by atoms with van der Waals surface area (Å²) in [5.74, 6) is 0. The molecule has 0 aliphatic carbocycles. The molecule has 0 unspecified atom stereocenters. The fourth-order valence-corrected chi connectivity index (χ4v) is 2.87. The summed E-state index contributed by atoms with van der Waals surface area (Å²) >= 11 is 6.38. The maximum atomic E-state index is 9.23. The number of aromatic nitrogens is 4. The Hall–Kier alpha value is -2.97. The molecule has 4 rings (SSSR count). The Morgan fingerprint density at radius 1 is 1.17 bits per heavy atom.